The van der Waals surface area contributed by atoms with Crippen LogP contribution in [0, 0.1) is 0 Å². The Kier molecular flexibility index (Phi) is 4.51. The van der Waals surface area contributed by atoms with E-state index in [1.807, 2.05) is 0 Å². The Morgan fingerprint density at radius 2 is 2.33 bits per heavy atom. The van der Waals surface area contributed by atoms with Gasteiger partial charge >= 0.3 is 10.1 Å². The van der Waals surface area contributed by atoms with Crippen LogP contribution in [0.25, 0.3) is 0 Å². The van der Waals surface area contributed by atoms with Gasteiger partial charge in [-0.15, -0.1) is 6.58 Å². The van der Waals surface area contributed by atoms with E-state index in [4.69, 9.17) is 4.18 Å². The molecule has 0 aliphatic carbocycles. The Morgan fingerprint density at radius 3 is 2.93 bits per heavy atom. The number of nitrogens with zero attached hydrogens (tertiary/aromatic N) is 1. The number of H-pyrrole nitrogens is 1. The van der Waals surface area contributed by atoms with Crippen molar-refractivity contribution in [2.24, 2.45) is 0 Å². The largest absolute Gasteiger partial charge is 0.334 e. The molecule has 0 bridgehead atoms. The number of hydrogen-bond acceptors (Lipinski definition) is 4. The minimum Gasteiger partial charge on any atom is -0.334 e. The van der Waals surface area contributed by atoms with Gasteiger partial charge in [0, 0.05) is 12.4 Å². The summed E-state index contributed by atoms with van der Waals surface area (Å²) in [4.78, 5) is 6.11. The molecular formula is C9H14N2O3S. The molecule has 1 aromatic heterocycles. The summed E-state index contributed by atoms with van der Waals surface area (Å²) >= 11 is 0. The summed E-state index contributed by atoms with van der Waals surface area (Å²) in [5, 5.41) is -0.147. The minimum absolute atomic E-state index is 0.147. The SMILES string of the molecule is C=CCCCCOS(=O)(=O)c1ncc[nH]1. The van der Waals surface area contributed by atoms with E-state index in [2.05, 4.69) is 16.5 Å². The van der Waals surface area contributed by atoms with Crippen LogP contribution in [0.2, 0.25) is 0 Å². The predicted octanol–water partition coefficient (Wildman–Crippen LogP) is 1.47. The van der Waals surface area contributed by atoms with Gasteiger partial charge in [0.05, 0.1) is 6.61 Å². The smallest absolute Gasteiger partial charge is 0.331 e. The van der Waals surface area contributed by atoms with Crippen LogP contribution in [0.3, 0.4) is 0 Å². The lowest BCUT2D eigenvalue weighted by atomic mass is 10.2. The van der Waals surface area contributed by atoms with E-state index >= 15 is 0 Å². The first kappa shape index (κ1) is 11.9. The lowest BCUT2D eigenvalue weighted by Crippen LogP contribution is -2.09. The van der Waals surface area contributed by atoms with Crippen molar-refractivity contribution >= 4 is 10.1 Å². The molecule has 1 rings (SSSR count). The van der Waals surface area contributed by atoms with Crippen molar-refractivity contribution in [3.8, 4) is 0 Å². The number of unbranched alkanes of at least 4 members (excludes halogenated alkanes) is 2. The number of allylic oxidation sites excluding steroid dienone is 1. The normalized spacial score (nSPS) is 11.5. The minimum atomic E-state index is -3.70. The zero-order valence-electron chi connectivity index (χ0n) is 8.35. The van der Waals surface area contributed by atoms with Gasteiger partial charge in [-0.2, -0.15) is 8.42 Å². The fourth-order valence-electron chi connectivity index (χ4n) is 1.00. The molecule has 0 amide bonds. The summed E-state index contributed by atoms with van der Waals surface area (Å²) in [6.45, 7) is 3.75. The molecule has 0 fully saturated rings. The lowest BCUT2D eigenvalue weighted by Gasteiger charge is -2.01. The second-order valence-electron chi connectivity index (χ2n) is 2.95. The van der Waals surface area contributed by atoms with E-state index in [0.717, 1.165) is 12.8 Å². The summed E-state index contributed by atoms with van der Waals surface area (Å²) in [6.07, 6.45) is 7.02. The van der Waals surface area contributed by atoms with E-state index in [9.17, 15) is 8.42 Å². The zero-order valence-corrected chi connectivity index (χ0v) is 9.16. The van der Waals surface area contributed by atoms with Crippen LogP contribution in [0.15, 0.2) is 30.2 Å². The third-order valence-electron chi connectivity index (χ3n) is 1.75. The molecule has 1 heterocycles. The first-order valence-corrected chi connectivity index (χ1v) is 6.07. The van der Waals surface area contributed by atoms with Crippen LogP contribution >= 0.6 is 0 Å². The standard InChI is InChI=1S/C9H14N2O3S/c1-2-3-4-5-8-14-15(12,13)9-10-6-7-11-9/h2,6-7H,1,3-5,8H2,(H,10,11). The van der Waals surface area contributed by atoms with Gasteiger partial charge in [0.15, 0.2) is 0 Å². The van der Waals surface area contributed by atoms with Crippen molar-refractivity contribution in [2.45, 2.75) is 24.4 Å². The summed E-state index contributed by atoms with van der Waals surface area (Å²) in [5.41, 5.74) is 0. The third kappa shape index (κ3) is 3.85. The van der Waals surface area contributed by atoms with Gasteiger partial charge in [-0.3, -0.25) is 4.18 Å². The van der Waals surface area contributed by atoms with Crippen molar-refractivity contribution in [2.75, 3.05) is 6.61 Å². The Morgan fingerprint density at radius 1 is 1.53 bits per heavy atom. The van der Waals surface area contributed by atoms with Gasteiger partial charge in [0.1, 0.15) is 0 Å². The molecule has 0 aliphatic heterocycles. The number of hydrogen-bond donors (Lipinski definition) is 1. The highest BCUT2D eigenvalue weighted by Crippen LogP contribution is 2.06. The number of imidazole rings is 1. The predicted molar refractivity (Wildman–Crippen MR) is 55.8 cm³/mol. The van der Waals surface area contributed by atoms with Gasteiger partial charge in [-0.25, -0.2) is 4.98 Å². The molecule has 0 radical (unpaired) electrons. The molecule has 0 aromatic carbocycles. The average Bonchev–Trinajstić information content (AvgIpc) is 2.70. The van der Waals surface area contributed by atoms with Crippen LogP contribution in [0.4, 0.5) is 0 Å². The van der Waals surface area contributed by atoms with Crippen LogP contribution in [-0.4, -0.2) is 25.0 Å². The molecule has 0 saturated carbocycles. The molecule has 0 unspecified atom stereocenters. The fourth-order valence-corrected chi connectivity index (χ4v) is 1.85. The van der Waals surface area contributed by atoms with E-state index in [1.165, 1.54) is 12.4 Å². The summed E-state index contributed by atoms with van der Waals surface area (Å²) < 4.78 is 27.5. The Labute approximate surface area is 89.3 Å². The molecule has 15 heavy (non-hydrogen) atoms. The number of nitrogens with one attached hydrogen (secondary N) is 1. The average molecular weight is 230 g/mol. The van der Waals surface area contributed by atoms with Crippen LogP contribution < -0.4 is 0 Å². The summed E-state index contributed by atoms with van der Waals surface area (Å²) in [5.74, 6) is 0. The van der Waals surface area contributed by atoms with Gasteiger partial charge in [0.2, 0.25) is 0 Å². The van der Waals surface area contributed by atoms with E-state index < -0.39 is 10.1 Å². The maximum atomic E-state index is 11.4. The maximum Gasteiger partial charge on any atom is 0.331 e. The van der Waals surface area contributed by atoms with Gasteiger partial charge < -0.3 is 4.98 Å². The van der Waals surface area contributed by atoms with E-state index in [1.54, 1.807) is 6.08 Å². The second kappa shape index (κ2) is 5.67. The number of aromatic amines is 1. The first-order chi connectivity index (χ1) is 7.17. The number of rotatable bonds is 7. The van der Waals surface area contributed by atoms with Crippen molar-refractivity contribution < 1.29 is 12.6 Å². The van der Waals surface area contributed by atoms with E-state index in [-0.39, 0.29) is 11.8 Å². The van der Waals surface area contributed by atoms with Crippen LogP contribution in [0.5, 0.6) is 0 Å². The lowest BCUT2D eigenvalue weighted by molar-refractivity contribution is 0.306. The molecule has 5 nitrogen and oxygen atoms in total. The van der Waals surface area contributed by atoms with Crippen molar-refractivity contribution in [1.82, 2.24) is 9.97 Å². The topological polar surface area (TPSA) is 72.1 Å². The third-order valence-corrected chi connectivity index (χ3v) is 2.92. The molecule has 0 aliphatic rings. The molecule has 6 heteroatoms. The zero-order chi connectivity index (χ0) is 11.1. The van der Waals surface area contributed by atoms with Crippen LogP contribution in [0.1, 0.15) is 19.3 Å². The Bertz CT molecular complexity index is 383. The summed E-state index contributed by atoms with van der Waals surface area (Å²) in [7, 11) is -3.70. The quantitative estimate of drug-likeness (QED) is 0.437. The van der Waals surface area contributed by atoms with Gasteiger partial charge in [-0.1, -0.05) is 6.08 Å². The van der Waals surface area contributed by atoms with Crippen molar-refractivity contribution in [1.29, 1.82) is 0 Å². The highest BCUT2D eigenvalue weighted by Gasteiger charge is 2.16. The monoisotopic (exact) mass is 230 g/mol. The molecule has 0 spiro atoms. The molecule has 1 N–H and O–H groups in total. The molecule has 84 valence electrons. The second-order valence-corrected chi connectivity index (χ2v) is 4.49. The van der Waals surface area contributed by atoms with Gasteiger partial charge in [0.25, 0.3) is 5.16 Å². The molecule has 0 saturated heterocycles. The summed E-state index contributed by atoms with van der Waals surface area (Å²) in [6, 6.07) is 0. The highest BCUT2D eigenvalue weighted by atomic mass is 32.2. The molecular weight excluding hydrogens is 216 g/mol. The maximum absolute atomic E-state index is 11.4. The molecule has 1 aromatic rings. The Hall–Kier alpha value is -1.14. The van der Waals surface area contributed by atoms with Gasteiger partial charge in [-0.05, 0) is 19.3 Å². The van der Waals surface area contributed by atoms with Crippen molar-refractivity contribution in [3.63, 3.8) is 0 Å². The fraction of sp³-hybridized carbons (Fsp3) is 0.444. The highest BCUT2D eigenvalue weighted by molar-refractivity contribution is 7.86. The molecule has 0 atom stereocenters. The van der Waals surface area contributed by atoms with E-state index in [0.29, 0.717) is 6.42 Å². The number of aromatic nitrogens is 2. The van der Waals surface area contributed by atoms with Crippen LogP contribution in [-0.2, 0) is 14.3 Å². The Balaban J connectivity index is 2.35. The van der Waals surface area contributed by atoms with Crippen molar-refractivity contribution in [3.05, 3.63) is 25.0 Å². The first-order valence-electron chi connectivity index (χ1n) is 4.66.